The van der Waals surface area contributed by atoms with Crippen molar-refractivity contribution in [2.45, 2.75) is 51.9 Å². The summed E-state index contributed by atoms with van der Waals surface area (Å²) in [5.74, 6) is 2.15. The topological polar surface area (TPSA) is 79.8 Å². The monoisotopic (exact) mass is 486 g/mol. The number of fused-ring (bicyclic) bond motifs is 1. The van der Waals surface area contributed by atoms with Crippen molar-refractivity contribution in [3.8, 4) is 11.1 Å². The van der Waals surface area contributed by atoms with Crippen molar-refractivity contribution in [2.24, 2.45) is 0 Å². The zero-order valence-corrected chi connectivity index (χ0v) is 21.0. The molecular weight excluding hydrogens is 452 g/mol. The Morgan fingerprint density at radius 3 is 2.58 bits per heavy atom. The van der Waals surface area contributed by atoms with Crippen LogP contribution in [0.3, 0.4) is 0 Å². The number of piperazine rings is 1. The van der Waals surface area contributed by atoms with Gasteiger partial charge in [0.05, 0.1) is 6.26 Å². The van der Waals surface area contributed by atoms with Gasteiger partial charge in [-0.3, -0.25) is 9.20 Å². The Bertz CT molecular complexity index is 1260. The van der Waals surface area contributed by atoms with Crippen LogP contribution in [-0.2, 0) is 17.6 Å². The van der Waals surface area contributed by atoms with Crippen LogP contribution in [0.1, 0.15) is 50.6 Å². The predicted molar refractivity (Wildman–Crippen MR) is 140 cm³/mol. The highest BCUT2D eigenvalue weighted by atomic mass is 16.3. The van der Waals surface area contributed by atoms with E-state index in [1.807, 2.05) is 27.6 Å². The second-order valence-electron chi connectivity index (χ2n) is 9.42. The Hall–Kier alpha value is -3.68. The maximum atomic E-state index is 12.5. The summed E-state index contributed by atoms with van der Waals surface area (Å²) in [5.41, 5.74) is 3.99. The van der Waals surface area contributed by atoms with Crippen LogP contribution >= 0.6 is 0 Å². The number of aryl methyl sites for hydroxylation is 2. The molecule has 1 aliphatic rings. The summed E-state index contributed by atoms with van der Waals surface area (Å²) in [5, 5.41) is 8.51. The zero-order chi connectivity index (χ0) is 24.7. The maximum absolute atomic E-state index is 12.5. The molecule has 4 heterocycles. The number of rotatable bonds is 10. The molecule has 0 atom stereocenters. The van der Waals surface area contributed by atoms with Crippen molar-refractivity contribution in [2.75, 3.05) is 31.1 Å². The highest BCUT2D eigenvalue weighted by molar-refractivity contribution is 5.78. The van der Waals surface area contributed by atoms with E-state index in [1.54, 1.807) is 12.6 Å². The number of nitrogens with zero attached hydrogens (tertiary/aromatic N) is 6. The quantitative estimate of drug-likeness (QED) is 0.300. The van der Waals surface area contributed by atoms with E-state index in [9.17, 15) is 4.79 Å². The second kappa shape index (κ2) is 11.4. The Kier molecular flexibility index (Phi) is 7.59. The van der Waals surface area contributed by atoms with Crippen LogP contribution in [0.5, 0.6) is 0 Å². The molecule has 8 heteroatoms. The van der Waals surface area contributed by atoms with Gasteiger partial charge in [0.1, 0.15) is 17.9 Å². The van der Waals surface area contributed by atoms with E-state index in [2.05, 4.69) is 46.3 Å². The van der Waals surface area contributed by atoms with E-state index in [-0.39, 0.29) is 0 Å². The lowest BCUT2D eigenvalue weighted by atomic mass is 10.1. The van der Waals surface area contributed by atoms with Crippen LogP contribution in [0.25, 0.3) is 16.8 Å². The van der Waals surface area contributed by atoms with Crippen molar-refractivity contribution < 1.29 is 9.21 Å². The molecule has 4 aromatic rings. The molecule has 0 radical (unpaired) electrons. The number of unbranched alkanes of at least 4 members (excludes halogenated alkanes) is 3. The first kappa shape index (κ1) is 24.0. The number of carbonyl (C=O) groups excluding carboxylic acids is 1. The van der Waals surface area contributed by atoms with Gasteiger partial charge in [-0.05, 0) is 36.2 Å². The minimum Gasteiger partial charge on any atom is -0.469 e. The summed E-state index contributed by atoms with van der Waals surface area (Å²) in [6.45, 7) is 5.50. The number of furan rings is 1. The predicted octanol–water partition coefficient (Wildman–Crippen LogP) is 4.79. The van der Waals surface area contributed by atoms with E-state index in [4.69, 9.17) is 9.40 Å². The van der Waals surface area contributed by atoms with E-state index in [0.29, 0.717) is 12.3 Å². The molecule has 1 fully saturated rings. The molecule has 0 unspecified atom stereocenters. The molecule has 8 nitrogen and oxygen atoms in total. The lowest BCUT2D eigenvalue weighted by Crippen LogP contribution is -2.48. The van der Waals surface area contributed by atoms with Crippen LogP contribution in [0.2, 0.25) is 0 Å². The molecule has 1 amide bonds. The van der Waals surface area contributed by atoms with Crippen molar-refractivity contribution in [3.05, 3.63) is 66.8 Å². The van der Waals surface area contributed by atoms with Crippen LogP contribution in [0.4, 0.5) is 5.69 Å². The highest BCUT2D eigenvalue weighted by Gasteiger charge is 2.21. The van der Waals surface area contributed by atoms with E-state index in [1.165, 1.54) is 18.5 Å². The molecule has 3 aromatic heterocycles. The fourth-order valence-electron chi connectivity index (χ4n) is 4.87. The number of benzene rings is 1. The fourth-order valence-corrected chi connectivity index (χ4v) is 4.87. The molecule has 1 aromatic carbocycles. The molecule has 188 valence electrons. The van der Waals surface area contributed by atoms with Crippen molar-refractivity contribution in [1.82, 2.24) is 24.5 Å². The first-order chi connectivity index (χ1) is 17.7. The molecule has 0 bridgehead atoms. The molecule has 1 saturated heterocycles. The van der Waals surface area contributed by atoms with Gasteiger partial charge in [-0.15, -0.1) is 10.2 Å². The van der Waals surface area contributed by atoms with Gasteiger partial charge in [-0.2, -0.15) is 0 Å². The van der Waals surface area contributed by atoms with Gasteiger partial charge in [0.2, 0.25) is 5.91 Å². The van der Waals surface area contributed by atoms with Gasteiger partial charge in [-0.25, -0.2) is 4.98 Å². The number of amides is 1. The molecule has 1 aliphatic heterocycles. The van der Waals surface area contributed by atoms with Crippen LogP contribution in [0, 0.1) is 0 Å². The van der Waals surface area contributed by atoms with Gasteiger partial charge in [0, 0.05) is 62.9 Å². The molecular formula is C28H34N6O2. The van der Waals surface area contributed by atoms with E-state index >= 15 is 0 Å². The third-order valence-electron chi connectivity index (χ3n) is 7.00. The summed E-state index contributed by atoms with van der Waals surface area (Å²) in [4.78, 5) is 21.6. The third-order valence-corrected chi connectivity index (χ3v) is 7.00. The van der Waals surface area contributed by atoms with Crippen molar-refractivity contribution in [1.29, 1.82) is 0 Å². The molecule has 0 aliphatic carbocycles. The molecule has 0 N–H and O–H groups in total. The normalized spacial score (nSPS) is 14.0. The summed E-state index contributed by atoms with van der Waals surface area (Å²) in [6, 6.07) is 12.4. The Balaban J connectivity index is 1.21. The second-order valence-corrected chi connectivity index (χ2v) is 9.42. The number of hydrogen-bond donors (Lipinski definition) is 0. The zero-order valence-electron chi connectivity index (χ0n) is 21.0. The Morgan fingerprint density at radius 2 is 1.83 bits per heavy atom. The molecule has 0 saturated carbocycles. The van der Waals surface area contributed by atoms with Gasteiger partial charge < -0.3 is 14.2 Å². The minimum atomic E-state index is 0.304. The first-order valence-electron chi connectivity index (χ1n) is 13.1. The molecule has 36 heavy (non-hydrogen) atoms. The van der Waals surface area contributed by atoms with Crippen molar-refractivity contribution >= 4 is 17.2 Å². The number of anilines is 1. The molecule has 5 rings (SSSR count). The smallest absolute Gasteiger partial charge is 0.222 e. The van der Waals surface area contributed by atoms with Gasteiger partial charge >= 0.3 is 0 Å². The van der Waals surface area contributed by atoms with Crippen LogP contribution < -0.4 is 4.90 Å². The minimum absolute atomic E-state index is 0.304. The number of aromatic nitrogens is 4. The Morgan fingerprint density at radius 1 is 1.00 bits per heavy atom. The van der Waals surface area contributed by atoms with E-state index < -0.39 is 0 Å². The van der Waals surface area contributed by atoms with Crippen molar-refractivity contribution in [3.63, 3.8) is 0 Å². The SMILES string of the molecule is CCCCCCC(=O)N1CCN(c2ccc(-c3cnc(CCc4ccco4)n4cnnc34)cc2)CC1. The van der Waals surface area contributed by atoms with Gasteiger partial charge in [-0.1, -0.05) is 38.3 Å². The summed E-state index contributed by atoms with van der Waals surface area (Å²) >= 11 is 0. The van der Waals surface area contributed by atoms with E-state index in [0.717, 1.165) is 80.2 Å². The summed E-state index contributed by atoms with van der Waals surface area (Å²) in [6.07, 6.45) is 12.1. The highest BCUT2D eigenvalue weighted by Crippen LogP contribution is 2.27. The maximum Gasteiger partial charge on any atom is 0.222 e. The lowest BCUT2D eigenvalue weighted by Gasteiger charge is -2.36. The average molecular weight is 487 g/mol. The summed E-state index contributed by atoms with van der Waals surface area (Å²) < 4.78 is 7.42. The number of carbonyl (C=O) groups is 1. The lowest BCUT2D eigenvalue weighted by molar-refractivity contribution is -0.131. The van der Waals surface area contributed by atoms with Crippen LogP contribution in [-0.4, -0.2) is 56.6 Å². The number of hydrogen-bond acceptors (Lipinski definition) is 6. The standard InChI is InChI=1S/C28H34N6O2/c1-2-3-4-5-8-27(35)33-17-15-32(16-18-33)23-11-9-22(10-12-23)25-20-29-26(34-21-30-31-28(25)34)14-13-24-7-6-19-36-24/h6-7,9-12,19-21H,2-5,8,13-18H2,1H3. The van der Waals surface area contributed by atoms with Gasteiger partial charge in [0.15, 0.2) is 5.65 Å². The fraction of sp³-hybridized carbons (Fsp3) is 0.429. The third kappa shape index (κ3) is 5.42. The largest absolute Gasteiger partial charge is 0.469 e. The first-order valence-corrected chi connectivity index (χ1v) is 13.1. The summed E-state index contributed by atoms with van der Waals surface area (Å²) in [7, 11) is 0. The van der Waals surface area contributed by atoms with Crippen LogP contribution in [0.15, 0.2) is 59.6 Å². The Labute approximate surface area is 212 Å². The average Bonchev–Trinajstić information content (AvgIpc) is 3.63. The molecule has 0 spiro atoms. The van der Waals surface area contributed by atoms with Gasteiger partial charge in [0.25, 0.3) is 0 Å².